The van der Waals surface area contributed by atoms with Crippen LogP contribution in [0.4, 0.5) is 5.69 Å². The molecule has 21 heavy (non-hydrogen) atoms. The summed E-state index contributed by atoms with van der Waals surface area (Å²) in [5.74, 6) is -0.326. The Kier molecular flexibility index (Phi) is 8.66. The van der Waals surface area contributed by atoms with E-state index in [1.807, 2.05) is 31.2 Å². The predicted octanol–water partition coefficient (Wildman–Crippen LogP) is 2.01. The first-order valence-electron chi connectivity index (χ1n) is 6.83. The Morgan fingerprint density at radius 1 is 1.33 bits per heavy atom. The molecule has 1 rings (SSSR count). The third-order valence-electron chi connectivity index (χ3n) is 3.26. The molecule has 0 saturated carbocycles. The summed E-state index contributed by atoms with van der Waals surface area (Å²) in [5.41, 5.74) is 7.15. The van der Waals surface area contributed by atoms with Crippen LogP contribution in [0.2, 0.25) is 0 Å². The molecule has 0 spiro atoms. The lowest BCUT2D eigenvalue weighted by atomic mass is 10.1. The van der Waals surface area contributed by atoms with Gasteiger partial charge in [0.25, 0.3) is 0 Å². The molecule has 0 aliphatic carbocycles. The molecule has 6 heteroatoms. The van der Waals surface area contributed by atoms with E-state index in [2.05, 4.69) is 5.32 Å². The van der Waals surface area contributed by atoms with Gasteiger partial charge in [0.05, 0.1) is 0 Å². The van der Waals surface area contributed by atoms with Crippen LogP contribution in [0.25, 0.3) is 0 Å². The Morgan fingerprint density at radius 3 is 2.48 bits per heavy atom. The van der Waals surface area contributed by atoms with Gasteiger partial charge in [-0.1, -0.05) is 25.1 Å². The van der Waals surface area contributed by atoms with Gasteiger partial charge in [0.1, 0.15) is 0 Å². The van der Waals surface area contributed by atoms with Crippen molar-refractivity contribution >= 4 is 29.9 Å². The Morgan fingerprint density at radius 2 is 1.95 bits per heavy atom. The van der Waals surface area contributed by atoms with Gasteiger partial charge in [-0.05, 0) is 18.6 Å². The highest BCUT2D eigenvalue weighted by molar-refractivity contribution is 5.93. The van der Waals surface area contributed by atoms with Crippen molar-refractivity contribution in [2.45, 2.75) is 27.3 Å². The summed E-state index contributed by atoms with van der Waals surface area (Å²) in [7, 11) is 0. The zero-order valence-electron chi connectivity index (χ0n) is 12.8. The van der Waals surface area contributed by atoms with Crippen molar-refractivity contribution in [3.63, 3.8) is 0 Å². The lowest BCUT2D eigenvalue weighted by Gasteiger charge is -2.21. The summed E-state index contributed by atoms with van der Waals surface area (Å²) in [5, 5.41) is 2.87. The maximum atomic E-state index is 11.9. The molecule has 1 unspecified atom stereocenters. The van der Waals surface area contributed by atoms with Gasteiger partial charge in [-0.2, -0.15) is 0 Å². The largest absolute Gasteiger partial charge is 0.339 e. The number of hydrogen-bond donors (Lipinski definition) is 2. The van der Waals surface area contributed by atoms with Gasteiger partial charge in [0.2, 0.25) is 11.8 Å². The van der Waals surface area contributed by atoms with Crippen LogP contribution in [0.3, 0.4) is 0 Å². The molecule has 0 heterocycles. The van der Waals surface area contributed by atoms with Crippen molar-refractivity contribution in [1.82, 2.24) is 4.90 Å². The number of hydrogen-bond acceptors (Lipinski definition) is 3. The zero-order chi connectivity index (χ0) is 15.1. The van der Waals surface area contributed by atoms with E-state index in [0.717, 1.165) is 11.3 Å². The number of halogens is 1. The molecule has 0 bridgehead atoms. The number of carbonyl (C=O) groups excluding carboxylic acids is 2. The molecule has 1 atom stereocenters. The van der Waals surface area contributed by atoms with Gasteiger partial charge in [0.15, 0.2) is 0 Å². The second kappa shape index (κ2) is 9.37. The number of rotatable bonds is 6. The smallest absolute Gasteiger partial charge is 0.228 e. The minimum Gasteiger partial charge on any atom is -0.339 e. The third-order valence-corrected chi connectivity index (χ3v) is 3.26. The van der Waals surface area contributed by atoms with Crippen molar-refractivity contribution in [2.75, 3.05) is 18.4 Å². The van der Waals surface area contributed by atoms with E-state index in [-0.39, 0.29) is 30.1 Å². The number of anilines is 1. The molecule has 118 valence electrons. The van der Waals surface area contributed by atoms with E-state index in [1.54, 1.807) is 18.7 Å². The van der Waals surface area contributed by atoms with Crippen LogP contribution in [0.1, 0.15) is 26.3 Å². The molecule has 0 radical (unpaired) electrons. The Labute approximate surface area is 132 Å². The van der Waals surface area contributed by atoms with E-state index in [1.165, 1.54) is 0 Å². The average Bonchev–Trinajstić information content (AvgIpc) is 2.44. The van der Waals surface area contributed by atoms with Gasteiger partial charge >= 0.3 is 0 Å². The highest BCUT2D eigenvalue weighted by Crippen LogP contribution is 2.18. The van der Waals surface area contributed by atoms with Crippen LogP contribution >= 0.6 is 12.4 Å². The van der Waals surface area contributed by atoms with Gasteiger partial charge < -0.3 is 16.0 Å². The maximum Gasteiger partial charge on any atom is 0.228 e. The first-order chi connectivity index (χ1) is 9.49. The molecular weight excluding hydrogens is 290 g/mol. The molecule has 0 aromatic heterocycles. The van der Waals surface area contributed by atoms with Crippen molar-refractivity contribution in [3.8, 4) is 0 Å². The molecule has 0 aliphatic heterocycles. The molecule has 5 nitrogen and oxygen atoms in total. The summed E-state index contributed by atoms with van der Waals surface area (Å²) in [6.07, 6.45) is 0. The van der Waals surface area contributed by atoms with E-state index in [9.17, 15) is 9.59 Å². The Balaban J connectivity index is 0.00000400. The van der Waals surface area contributed by atoms with Crippen LogP contribution in [-0.4, -0.2) is 29.8 Å². The molecule has 0 aliphatic rings. The van der Waals surface area contributed by atoms with Crippen molar-refractivity contribution in [1.29, 1.82) is 0 Å². The molecular formula is C15H24ClN3O2. The van der Waals surface area contributed by atoms with Crippen molar-refractivity contribution < 1.29 is 9.59 Å². The lowest BCUT2D eigenvalue weighted by Crippen LogP contribution is -2.30. The van der Waals surface area contributed by atoms with Gasteiger partial charge in [0, 0.05) is 38.2 Å². The normalized spacial score (nSPS) is 11.2. The first-order valence-corrected chi connectivity index (χ1v) is 6.83. The fraction of sp³-hybridized carbons (Fsp3) is 0.467. The molecule has 0 saturated heterocycles. The van der Waals surface area contributed by atoms with Crippen LogP contribution in [0.5, 0.6) is 0 Å². The number of nitrogens with one attached hydrogen (secondary N) is 1. The van der Waals surface area contributed by atoms with Gasteiger partial charge in [-0.15, -0.1) is 12.4 Å². The number of benzene rings is 1. The van der Waals surface area contributed by atoms with Gasteiger partial charge in [-0.3, -0.25) is 9.59 Å². The van der Waals surface area contributed by atoms with Crippen LogP contribution < -0.4 is 11.1 Å². The fourth-order valence-electron chi connectivity index (χ4n) is 1.79. The van der Waals surface area contributed by atoms with Crippen LogP contribution in [-0.2, 0) is 16.1 Å². The average molecular weight is 314 g/mol. The number of para-hydroxylation sites is 1. The summed E-state index contributed by atoms with van der Waals surface area (Å²) in [6, 6.07) is 7.50. The molecule has 0 fully saturated rings. The van der Waals surface area contributed by atoms with Crippen LogP contribution in [0, 0.1) is 5.92 Å². The topological polar surface area (TPSA) is 75.4 Å². The SMILES string of the molecule is CCN(Cc1ccccc1NC(=O)C(C)CN)C(C)=O.Cl. The first kappa shape index (κ1) is 19.4. The van der Waals surface area contributed by atoms with E-state index >= 15 is 0 Å². The summed E-state index contributed by atoms with van der Waals surface area (Å²) in [4.78, 5) is 25.1. The monoisotopic (exact) mass is 313 g/mol. The standard InChI is InChI=1S/C15H23N3O2.ClH/c1-4-18(12(3)19)10-13-7-5-6-8-14(13)17-15(20)11(2)9-16;/h5-8,11H,4,9-10,16H2,1-3H3,(H,17,20);1H. The van der Waals surface area contributed by atoms with Gasteiger partial charge in [-0.25, -0.2) is 0 Å². The lowest BCUT2D eigenvalue weighted by molar-refractivity contribution is -0.129. The van der Waals surface area contributed by atoms with E-state index in [0.29, 0.717) is 19.6 Å². The minimum absolute atomic E-state index is 0. The van der Waals surface area contributed by atoms with E-state index in [4.69, 9.17) is 5.73 Å². The quantitative estimate of drug-likeness (QED) is 0.843. The number of amides is 2. The number of carbonyl (C=O) groups is 2. The molecule has 2 amide bonds. The fourth-order valence-corrected chi connectivity index (χ4v) is 1.79. The number of nitrogens with zero attached hydrogens (tertiary/aromatic N) is 1. The maximum absolute atomic E-state index is 11.9. The summed E-state index contributed by atoms with van der Waals surface area (Å²) < 4.78 is 0. The van der Waals surface area contributed by atoms with Crippen molar-refractivity contribution in [3.05, 3.63) is 29.8 Å². The van der Waals surface area contributed by atoms with Crippen molar-refractivity contribution in [2.24, 2.45) is 11.7 Å². The zero-order valence-corrected chi connectivity index (χ0v) is 13.6. The number of nitrogens with two attached hydrogens (primary N) is 1. The second-order valence-corrected chi connectivity index (χ2v) is 4.82. The van der Waals surface area contributed by atoms with E-state index < -0.39 is 0 Å². The Hall–Kier alpha value is -1.59. The summed E-state index contributed by atoms with van der Waals surface area (Å²) in [6.45, 7) is 6.69. The minimum atomic E-state index is -0.238. The molecule has 3 N–H and O–H groups in total. The summed E-state index contributed by atoms with van der Waals surface area (Å²) >= 11 is 0. The highest BCUT2D eigenvalue weighted by atomic mass is 35.5. The van der Waals surface area contributed by atoms with Crippen LogP contribution in [0.15, 0.2) is 24.3 Å². The second-order valence-electron chi connectivity index (χ2n) is 4.82. The molecule has 1 aromatic carbocycles. The Bertz CT molecular complexity index is 480. The highest BCUT2D eigenvalue weighted by Gasteiger charge is 2.14. The third kappa shape index (κ3) is 5.73. The predicted molar refractivity (Wildman–Crippen MR) is 87.3 cm³/mol. The molecule has 1 aromatic rings.